The molecule has 3 rings (SSSR count). The van der Waals surface area contributed by atoms with E-state index >= 15 is 0 Å². The zero-order valence-corrected chi connectivity index (χ0v) is 17.5. The Kier molecular flexibility index (Phi) is 5.64. The number of rotatable bonds is 5. The van der Waals surface area contributed by atoms with Crippen LogP contribution in [0.5, 0.6) is 0 Å². The molecule has 0 spiro atoms. The number of nitrogens with zero attached hydrogens (tertiary/aromatic N) is 3. The van der Waals surface area contributed by atoms with Crippen LogP contribution in [-0.2, 0) is 16.6 Å². The van der Waals surface area contributed by atoms with Crippen LogP contribution in [0.2, 0.25) is 0 Å². The van der Waals surface area contributed by atoms with Crippen LogP contribution in [0.1, 0.15) is 12.5 Å². The van der Waals surface area contributed by atoms with Gasteiger partial charge in [-0.25, -0.2) is 17.7 Å². The van der Waals surface area contributed by atoms with Crippen molar-refractivity contribution in [2.75, 3.05) is 14.1 Å². The Labute approximate surface area is 164 Å². The minimum absolute atomic E-state index is 0.334. The molecule has 1 aromatic heterocycles. The van der Waals surface area contributed by atoms with Crippen LogP contribution in [0.15, 0.2) is 63.8 Å². The van der Waals surface area contributed by atoms with Gasteiger partial charge in [0, 0.05) is 31.6 Å². The molecule has 0 aliphatic carbocycles. The second-order valence-corrected chi connectivity index (χ2v) is 9.32. The van der Waals surface area contributed by atoms with E-state index in [-0.39, 0.29) is 0 Å². The molecule has 5 nitrogen and oxygen atoms in total. The van der Waals surface area contributed by atoms with Crippen molar-refractivity contribution >= 4 is 27.0 Å². The van der Waals surface area contributed by atoms with Gasteiger partial charge < -0.3 is 4.57 Å². The summed E-state index contributed by atoms with van der Waals surface area (Å²) in [5.41, 5.74) is 3.47. The topological polar surface area (TPSA) is 54.7 Å². The Balaban J connectivity index is 2.15. The van der Waals surface area contributed by atoms with Gasteiger partial charge in [0.15, 0.2) is 4.80 Å². The summed E-state index contributed by atoms with van der Waals surface area (Å²) in [6.45, 7) is 4.62. The number of hydrogen-bond donors (Lipinski definition) is 0. The SMILES string of the molecule is CCn1c(-c2ccc(C)c(S(=O)(=O)N(C)C)c2)csc1=Nc1ccccc1. The lowest BCUT2D eigenvalue weighted by Crippen LogP contribution is -2.23. The van der Waals surface area contributed by atoms with E-state index in [9.17, 15) is 8.42 Å². The maximum atomic E-state index is 12.6. The maximum Gasteiger partial charge on any atom is 0.242 e. The number of aryl methyl sites for hydroxylation is 1. The highest BCUT2D eigenvalue weighted by molar-refractivity contribution is 7.89. The lowest BCUT2D eigenvalue weighted by atomic mass is 10.1. The normalized spacial score (nSPS) is 12.7. The van der Waals surface area contributed by atoms with E-state index in [4.69, 9.17) is 4.99 Å². The van der Waals surface area contributed by atoms with Gasteiger partial charge in [-0.1, -0.05) is 30.3 Å². The number of thiazole rings is 1. The zero-order chi connectivity index (χ0) is 19.6. The van der Waals surface area contributed by atoms with E-state index in [0.29, 0.717) is 4.90 Å². The van der Waals surface area contributed by atoms with Crippen molar-refractivity contribution in [3.05, 3.63) is 64.3 Å². The lowest BCUT2D eigenvalue weighted by Gasteiger charge is -2.15. The van der Waals surface area contributed by atoms with Crippen molar-refractivity contribution < 1.29 is 8.42 Å². The highest BCUT2D eigenvalue weighted by Gasteiger charge is 2.21. The summed E-state index contributed by atoms with van der Waals surface area (Å²) in [6, 6.07) is 15.4. The maximum absolute atomic E-state index is 12.6. The minimum Gasteiger partial charge on any atom is -0.317 e. The predicted octanol–water partition coefficient (Wildman–Crippen LogP) is 4.03. The molecule has 0 unspecified atom stereocenters. The second-order valence-electron chi connectivity index (χ2n) is 6.36. The summed E-state index contributed by atoms with van der Waals surface area (Å²) < 4.78 is 28.6. The first-order chi connectivity index (χ1) is 12.8. The molecule has 0 atom stereocenters. The van der Waals surface area contributed by atoms with E-state index in [0.717, 1.165) is 33.9 Å². The third kappa shape index (κ3) is 3.90. The molecule has 0 saturated heterocycles. The molecule has 3 aromatic rings. The lowest BCUT2D eigenvalue weighted by molar-refractivity contribution is 0.520. The van der Waals surface area contributed by atoms with Crippen molar-refractivity contribution in [2.24, 2.45) is 4.99 Å². The summed E-state index contributed by atoms with van der Waals surface area (Å²) in [5, 5.41) is 2.03. The van der Waals surface area contributed by atoms with Crippen LogP contribution in [0.25, 0.3) is 11.3 Å². The average molecular weight is 402 g/mol. The number of para-hydroxylation sites is 1. The van der Waals surface area contributed by atoms with Crippen LogP contribution in [0.4, 0.5) is 5.69 Å². The van der Waals surface area contributed by atoms with E-state index < -0.39 is 10.0 Å². The highest BCUT2D eigenvalue weighted by atomic mass is 32.2. The van der Waals surface area contributed by atoms with Gasteiger partial charge in [-0.3, -0.25) is 0 Å². The fourth-order valence-electron chi connectivity index (χ4n) is 2.80. The largest absolute Gasteiger partial charge is 0.317 e. The quantitative estimate of drug-likeness (QED) is 0.648. The molecule has 0 radical (unpaired) electrons. The fraction of sp³-hybridized carbons (Fsp3) is 0.250. The second kappa shape index (κ2) is 7.80. The van der Waals surface area contributed by atoms with E-state index in [1.54, 1.807) is 31.5 Å². The zero-order valence-electron chi connectivity index (χ0n) is 15.9. The highest BCUT2D eigenvalue weighted by Crippen LogP contribution is 2.27. The van der Waals surface area contributed by atoms with Gasteiger partial charge in [0.05, 0.1) is 16.3 Å². The van der Waals surface area contributed by atoms with Gasteiger partial charge in [0.25, 0.3) is 0 Å². The molecule has 27 heavy (non-hydrogen) atoms. The van der Waals surface area contributed by atoms with Gasteiger partial charge in [-0.05, 0) is 37.6 Å². The summed E-state index contributed by atoms with van der Waals surface area (Å²) in [4.78, 5) is 5.95. The molecule has 1 heterocycles. The summed E-state index contributed by atoms with van der Waals surface area (Å²) in [6.07, 6.45) is 0. The van der Waals surface area contributed by atoms with Crippen molar-refractivity contribution in [3.63, 3.8) is 0 Å². The van der Waals surface area contributed by atoms with Crippen molar-refractivity contribution in [3.8, 4) is 11.3 Å². The molecule has 0 N–H and O–H groups in total. The first kappa shape index (κ1) is 19.5. The van der Waals surface area contributed by atoms with Crippen molar-refractivity contribution in [2.45, 2.75) is 25.3 Å². The predicted molar refractivity (Wildman–Crippen MR) is 111 cm³/mol. The van der Waals surface area contributed by atoms with Crippen LogP contribution in [-0.4, -0.2) is 31.4 Å². The van der Waals surface area contributed by atoms with E-state index in [1.165, 1.54) is 4.31 Å². The first-order valence-corrected chi connectivity index (χ1v) is 11.0. The van der Waals surface area contributed by atoms with Crippen LogP contribution < -0.4 is 4.80 Å². The Morgan fingerprint density at radius 1 is 1.11 bits per heavy atom. The van der Waals surface area contributed by atoms with Crippen LogP contribution >= 0.6 is 11.3 Å². The molecular formula is C20H23N3O2S2. The van der Waals surface area contributed by atoms with E-state index in [2.05, 4.69) is 11.5 Å². The molecule has 0 saturated carbocycles. The molecule has 0 aliphatic heterocycles. The average Bonchev–Trinajstić information content (AvgIpc) is 3.05. The molecule has 7 heteroatoms. The summed E-state index contributed by atoms with van der Waals surface area (Å²) in [5.74, 6) is 0. The van der Waals surface area contributed by atoms with Crippen LogP contribution in [0, 0.1) is 6.92 Å². The number of aromatic nitrogens is 1. The molecule has 2 aromatic carbocycles. The molecule has 0 aliphatic rings. The first-order valence-electron chi connectivity index (χ1n) is 8.66. The number of benzene rings is 2. The Bertz CT molecular complexity index is 1110. The van der Waals surface area contributed by atoms with Gasteiger partial charge in [-0.15, -0.1) is 11.3 Å². The summed E-state index contributed by atoms with van der Waals surface area (Å²) in [7, 11) is -0.394. The Morgan fingerprint density at radius 3 is 2.44 bits per heavy atom. The fourth-order valence-corrected chi connectivity index (χ4v) is 4.94. The Hall–Kier alpha value is -2.22. The van der Waals surface area contributed by atoms with Gasteiger partial charge in [-0.2, -0.15) is 0 Å². The standard InChI is InChI=1S/C20H23N3O2S2/c1-5-23-18(14-26-20(23)21-17-9-7-6-8-10-17)16-12-11-15(2)19(13-16)27(24,25)22(3)4/h6-14H,5H2,1-4H3. The Morgan fingerprint density at radius 2 is 1.81 bits per heavy atom. The monoisotopic (exact) mass is 401 g/mol. The molecule has 0 fully saturated rings. The van der Waals surface area contributed by atoms with Crippen molar-refractivity contribution in [1.82, 2.24) is 8.87 Å². The van der Waals surface area contributed by atoms with Gasteiger partial charge >= 0.3 is 0 Å². The third-order valence-electron chi connectivity index (χ3n) is 4.34. The molecule has 0 amide bonds. The number of sulfonamides is 1. The molecule has 142 valence electrons. The van der Waals surface area contributed by atoms with Crippen molar-refractivity contribution in [1.29, 1.82) is 0 Å². The van der Waals surface area contributed by atoms with Gasteiger partial charge in [0.2, 0.25) is 10.0 Å². The van der Waals surface area contributed by atoms with Gasteiger partial charge in [0.1, 0.15) is 0 Å². The number of hydrogen-bond acceptors (Lipinski definition) is 4. The molecular weight excluding hydrogens is 378 g/mol. The third-order valence-corrected chi connectivity index (χ3v) is 7.16. The summed E-state index contributed by atoms with van der Waals surface area (Å²) >= 11 is 1.55. The molecule has 0 bridgehead atoms. The van der Waals surface area contributed by atoms with E-state index in [1.807, 2.05) is 54.8 Å². The smallest absolute Gasteiger partial charge is 0.242 e. The minimum atomic E-state index is -3.50. The van der Waals surface area contributed by atoms with Crippen LogP contribution in [0.3, 0.4) is 0 Å².